The third-order valence-electron chi connectivity index (χ3n) is 2.75. The van der Waals surface area contributed by atoms with Gasteiger partial charge in [0.1, 0.15) is 6.54 Å². The number of nitrogens with zero attached hydrogens (tertiary/aromatic N) is 1. The number of aromatic amines is 1. The smallest absolute Gasteiger partial charge is 0.360 e. The van der Waals surface area contributed by atoms with Crippen LogP contribution < -0.4 is 16.6 Å². The van der Waals surface area contributed by atoms with E-state index in [-0.39, 0.29) is 13.2 Å². The van der Waals surface area contributed by atoms with Crippen LogP contribution in [0.1, 0.15) is 13.8 Å². The van der Waals surface area contributed by atoms with Gasteiger partial charge in [0.05, 0.1) is 26.0 Å². The van der Waals surface area contributed by atoms with Gasteiger partial charge in [-0.2, -0.15) is 4.39 Å². The van der Waals surface area contributed by atoms with Gasteiger partial charge in [0.15, 0.2) is 5.85 Å². The highest BCUT2D eigenvalue weighted by Crippen LogP contribution is 2.51. The van der Waals surface area contributed by atoms with Gasteiger partial charge in [0, 0.05) is 0 Å². The molecule has 1 unspecified atom stereocenters. The fourth-order valence-electron chi connectivity index (χ4n) is 1.70. The average Bonchev–Trinajstić information content (AvgIpc) is 2.50. The van der Waals surface area contributed by atoms with Crippen LogP contribution in [0.3, 0.4) is 0 Å². The first-order valence-electron chi connectivity index (χ1n) is 7.06. The summed E-state index contributed by atoms with van der Waals surface area (Å²) in [6.07, 6.45) is 0.586. The van der Waals surface area contributed by atoms with Crippen LogP contribution in [0.5, 0.6) is 0 Å². The van der Waals surface area contributed by atoms with Crippen molar-refractivity contribution in [1.29, 1.82) is 0 Å². The summed E-state index contributed by atoms with van der Waals surface area (Å²) < 4.78 is 35.8. The molecule has 0 saturated carbocycles. The normalized spacial score (nSPS) is 12.8. The Hall–Kier alpha value is -1.81. The molecule has 3 N–H and O–H groups in total. The minimum atomic E-state index is -3.81. The van der Waals surface area contributed by atoms with E-state index in [4.69, 9.17) is 9.05 Å². The molecule has 1 aromatic heterocycles. The Morgan fingerprint density at radius 1 is 1.42 bits per heavy atom. The van der Waals surface area contributed by atoms with Crippen molar-refractivity contribution in [1.82, 2.24) is 14.9 Å². The molecule has 0 aromatic carbocycles. The molecular formula is C12H19FN3O7P. The molecule has 10 nitrogen and oxygen atoms in total. The summed E-state index contributed by atoms with van der Waals surface area (Å²) in [7, 11) is -3.81. The molecule has 12 heteroatoms. The van der Waals surface area contributed by atoms with Gasteiger partial charge >= 0.3 is 13.3 Å². The summed E-state index contributed by atoms with van der Waals surface area (Å²) in [6.45, 7) is 2.13. The van der Waals surface area contributed by atoms with Gasteiger partial charge in [-0.05, 0) is 13.8 Å². The predicted molar refractivity (Wildman–Crippen MR) is 81.2 cm³/mol. The molecule has 0 aliphatic carbocycles. The molecule has 1 atom stereocenters. The van der Waals surface area contributed by atoms with Crippen molar-refractivity contribution in [2.75, 3.05) is 19.8 Å². The van der Waals surface area contributed by atoms with Crippen LogP contribution in [0, 0.1) is 5.82 Å². The van der Waals surface area contributed by atoms with Crippen LogP contribution in [0.15, 0.2) is 15.8 Å². The summed E-state index contributed by atoms with van der Waals surface area (Å²) in [5.41, 5.74) is -2.16. The first kappa shape index (κ1) is 20.2. The highest BCUT2D eigenvalue weighted by molar-refractivity contribution is 7.54. The van der Waals surface area contributed by atoms with Crippen LogP contribution in [-0.2, 0) is 25.0 Å². The van der Waals surface area contributed by atoms with Crippen LogP contribution in [0.2, 0.25) is 0 Å². The van der Waals surface area contributed by atoms with Gasteiger partial charge in [-0.15, -0.1) is 0 Å². The minimum Gasteiger partial charge on any atom is -0.379 e. The first-order valence-corrected chi connectivity index (χ1v) is 8.67. The largest absolute Gasteiger partial charge is 0.379 e. The lowest BCUT2D eigenvalue weighted by atomic mass is 10.5. The van der Waals surface area contributed by atoms with Gasteiger partial charge < -0.3 is 19.5 Å². The number of carbonyl (C=O) groups is 1. The molecule has 1 heterocycles. The number of hydrogen-bond donors (Lipinski definition) is 3. The van der Waals surface area contributed by atoms with Gasteiger partial charge in [0.2, 0.25) is 11.7 Å². The number of rotatable bonds is 9. The maximum atomic E-state index is 13.1. The number of H-pyrrole nitrogens is 1. The number of aromatic nitrogens is 2. The van der Waals surface area contributed by atoms with Crippen molar-refractivity contribution < 1.29 is 27.9 Å². The molecule has 0 bridgehead atoms. The zero-order valence-electron chi connectivity index (χ0n) is 13.2. The molecule has 0 aliphatic heterocycles. The Labute approximate surface area is 136 Å². The van der Waals surface area contributed by atoms with E-state index < -0.39 is 49.5 Å². The Morgan fingerprint density at radius 2 is 2.00 bits per heavy atom. The van der Waals surface area contributed by atoms with Gasteiger partial charge in [-0.25, -0.2) is 4.79 Å². The fraction of sp³-hybridized carbons (Fsp3) is 0.583. The zero-order chi connectivity index (χ0) is 18.3. The number of nitrogens with one attached hydrogen (secondary N) is 2. The van der Waals surface area contributed by atoms with E-state index in [1.54, 1.807) is 18.8 Å². The van der Waals surface area contributed by atoms with E-state index in [1.165, 1.54) is 0 Å². The summed E-state index contributed by atoms with van der Waals surface area (Å²) in [5, 5.41) is 12.1. The molecule has 136 valence electrons. The first-order chi connectivity index (χ1) is 11.2. The van der Waals surface area contributed by atoms with E-state index in [0.717, 1.165) is 0 Å². The molecule has 1 aromatic rings. The summed E-state index contributed by atoms with van der Waals surface area (Å²) >= 11 is 0. The summed E-state index contributed by atoms with van der Waals surface area (Å²) in [4.78, 5) is 35.8. The quantitative estimate of drug-likeness (QED) is 0.494. The van der Waals surface area contributed by atoms with E-state index in [1.807, 2.05) is 0 Å². The molecule has 0 fully saturated rings. The highest BCUT2D eigenvalue weighted by Gasteiger charge is 2.34. The third-order valence-corrected chi connectivity index (χ3v) is 4.90. The van der Waals surface area contributed by atoms with Crippen molar-refractivity contribution in [3.05, 3.63) is 32.9 Å². The van der Waals surface area contributed by atoms with Gasteiger partial charge in [-0.1, -0.05) is 0 Å². The van der Waals surface area contributed by atoms with Crippen molar-refractivity contribution in [2.45, 2.75) is 26.2 Å². The molecule has 0 saturated heterocycles. The Bertz CT molecular complexity index is 722. The van der Waals surface area contributed by atoms with Gasteiger partial charge in [-0.3, -0.25) is 23.7 Å². The minimum absolute atomic E-state index is 0.0360. The van der Waals surface area contributed by atoms with Crippen molar-refractivity contribution in [2.24, 2.45) is 0 Å². The second-order valence-electron chi connectivity index (χ2n) is 4.52. The second-order valence-corrected chi connectivity index (χ2v) is 6.72. The van der Waals surface area contributed by atoms with Crippen LogP contribution in [0.25, 0.3) is 0 Å². The Kier molecular flexibility index (Phi) is 7.49. The van der Waals surface area contributed by atoms with Crippen LogP contribution >= 0.6 is 7.60 Å². The summed E-state index contributed by atoms with van der Waals surface area (Å²) in [5.74, 6) is -3.60. The van der Waals surface area contributed by atoms with E-state index in [2.05, 4.69) is 5.32 Å². The standard InChI is InChI=1S/C12H19FN3O7P/c1-3-22-24(21,23-4-2)10(18)5-14-9(17)7-16-6-8(13)11(19)15-12(16)20/h6,10,18H,3-5,7H2,1-2H3,(H,14,17)(H,15,19,20). The van der Waals surface area contributed by atoms with E-state index in [0.29, 0.717) is 10.8 Å². The number of carbonyl (C=O) groups excluding carboxylic acids is 1. The predicted octanol–water partition coefficient (Wildman–Crippen LogP) is -0.624. The van der Waals surface area contributed by atoms with Crippen molar-refractivity contribution in [3.8, 4) is 0 Å². The topological polar surface area (TPSA) is 140 Å². The second kappa shape index (κ2) is 8.88. The van der Waals surface area contributed by atoms with E-state index >= 15 is 0 Å². The Balaban J connectivity index is 2.69. The monoisotopic (exact) mass is 367 g/mol. The van der Waals surface area contributed by atoms with Crippen molar-refractivity contribution >= 4 is 13.5 Å². The molecule has 1 amide bonds. The van der Waals surface area contributed by atoms with E-state index in [9.17, 15) is 28.4 Å². The SMILES string of the molecule is CCOP(=O)(OCC)C(O)CNC(=O)Cn1cc(F)c(=O)[nH]c1=O. The lowest BCUT2D eigenvalue weighted by molar-refractivity contribution is -0.122. The molecule has 0 aliphatic rings. The van der Waals surface area contributed by atoms with Crippen LogP contribution in [-0.4, -0.2) is 46.2 Å². The molecule has 0 radical (unpaired) electrons. The molecule has 1 rings (SSSR count). The van der Waals surface area contributed by atoms with Crippen molar-refractivity contribution in [3.63, 3.8) is 0 Å². The maximum absolute atomic E-state index is 13.1. The summed E-state index contributed by atoms with van der Waals surface area (Å²) in [6, 6.07) is 0. The molecule has 24 heavy (non-hydrogen) atoms. The maximum Gasteiger partial charge on any atom is 0.360 e. The lowest BCUT2D eigenvalue weighted by Crippen LogP contribution is -2.39. The number of aliphatic hydroxyl groups excluding tert-OH is 1. The fourth-order valence-corrected chi connectivity index (χ4v) is 3.15. The molecule has 0 spiro atoms. The number of amides is 1. The molecular weight excluding hydrogens is 348 g/mol. The van der Waals surface area contributed by atoms with Crippen LogP contribution in [0.4, 0.5) is 4.39 Å². The number of hydrogen-bond acceptors (Lipinski definition) is 7. The number of halogens is 1. The zero-order valence-corrected chi connectivity index (χ0v) is 14.0. The Morgan fingerprint density at radius 3 is 2.54 bits per heavy atom. The lowest BCUT2D eigenvalue weighted by Gasteiger charge is -2.22. The highest BCUT2D eigenvalue weighted by atomic mass is 31.2. The van der Waals surface area contributed by atoms with Gasteiger partial charge in [0.25, 0.3) is 5.56 Å². The average molecular weight is 367 g/mol. The number of aliphatic hydroxyl groups is 1. The third kappa shape index (κ3) is 5.38.